The zero-order valence-electron chi connectivity index (χ0n) is 17.5. The van der Waals surface area contributed by atoms with Gasteiger partial charge < -0.3 is 9.66 Å². The smallest absolute Gasteiger partial charge is 0.748 e. The fourth-order valence-electron chi connectivity index (χ4n) is 3.27. The van der Waals surface area contributed by atoms with Gasteiger partial charge in [-0.1, -0.05) is 90.9 Å². The fraction of sp³-hybridized carbons (Fsp3) is 1.00. The van der Waals surface area contributed by atoms with Crippen LogP contribution in [0.15, 0.2) is 0 Å². The number of aliphatic hydroxyl groups excluding tert-OH is 1. The minimum Gasteiger partial charge on any atom is -0.748 e. The molecule has 0 aromatic carbocycles. The van der Waals surface area contributed by atoms with Crippen LogP contribution < -0.4 is 51.4 Å². The van der Waals surface area contributed by atoms with Crippen molar-refractivity contribution in [3.8, 4) is 0 Å². The predicted molar refractivity (Wildman–Crippen MR) is 105 cm³/mol. The van der Waals surface area contributed by atoms with Gasteiger partial charge in [0.25, 0.3) is 0 Å². The van der Waals surface area contributed by atoms with Crippen LogP contribution in [0.3, 0.4) is 0 Å². The molecule has 0 rings (SSSR count). The molecule has 0 fully saturated rings. The molecule has 2 unspecified atom stereocenters. The van der Waals surface area contributed by atoms with Crippen molar-refractivity contribution in [2.24, 2.45) is 0 Å². The average Bonchev–Trinajstić information content (AvgIpc) is 2.55. The third-order valence-electron chi connectivity index (χ3n) is 4.99. The van der Waals surface area contributed by atoms with Crippen LogP contribution in [0, 0.1) is 0 Å². The van der Waals surface area contributed by atoms with Crippen LogP contribution in [0.1, 0.15) is 117 Å². The molecule has 1 N–H and O–H groups in total. The Morgan fingerprint density at radius 2 is 1.08 bits per heavy atom. The summed E-state index contributed by atoms with van der Waals surface area (Å²) in [5, 5.41) is 9.28. The molecule has 0 saturated heterocycles. The van der Waals surface area contributed by atoms with E-state index in [9.17, 15) is 18.1 Å². The van der Waals surface area contributed by atoms with Gasteiger partial charge in [-0.25, -0.2) is 8.42 Å². The Bertz CT molecular complexity index is 387. The minimum atomic E-state index is -4.15. The molecule has 0 aliphatic carbocycles. The van der Waals surface area contributed by atoms with Crippen molar-refractivity contribution in [2.75, 3.05) is 0 Å². The predicted octanol–water partition coefficient (Wildman–Crippen LogP) is 2.55. The number of hydrogen-bond acceptors (Lipinski definition) is 4. The zero-order chi connectivity index (χ0) is 19.0. The van der Waals surface area contributed by atoms with Gasteiger partial charge in [0.05, 0.1) is 16.2 Å². The van der Waals surface area contributed by atoms with E-state index in [1.807, 2.05) is 6.92 Å². The molecule has 2 atom stereocenters. The maximum absolute atomic E-state index is 11.2. The van der Waals surface area contributed by atoms with Gasteiger partial charge in [-0.05, 0) is 25.7 Å². The molecule has 0 bridgehead atoms. The molecule has 0 spiro atoms. The molecule has 0 aromatic rings. The zero-order valence-corrected chi connectivity index (χ0v) is 21.5. The normalized spacial score (nSPS) is 14.0. The summed E-state index contributed by atoms with van der Waals surface area (Å²) in [6.07, 6.45) is 15.5. The number of rotatable bonds is 18. The van der Waals surface area contributed by atoms with E-state index < -0.39 is 15.4 Å². The molecule has 0 aliphatic heterocycles. The largest absolute Gasteiger partial charge is 1.00 e. The molecule has 0 heterocycles. The van der Waals surface area contributed by atoms with Crippen LogP contribution in [-0.4, -0.2) is 29.4 Å². The van der Waals surface area contributed by atoms with E-state index in [-0.39, 0.29) is 57.5 Å². The third-order valence-corrected chi connectivity index (χ3v) is 6.28. The van der Waals surface area contributed by atoms with Crippen molar-refractivity contribution in [3.05, 3.63) is 0 Å². The van der Waals surface area contributed by atoms with Crippen molar-refractivity contribution in [3.63, 3.8) is 0 Å². The van der Waals surface area contributed by atoms with Crippen molar-refractivity contribution in [2.45, 2.75) is 128 Å². The molecule has 0 aliphatic rings. The first-order chi connectivity index (χ1) is 11.9. The van der Waals surface area contributed by atoms with Crippen LogP contribution in [-0.2, 0) is 10.1 Å². The van der Waals surface area contributed by atoms with Crippen molar-refractivity contribution < 1.29 is 69.5 Å². The van der Waals surface area contributed by atoms with Crippen LogP contribution >= 0.6 is 0 Å². The summed E-state index contributed by atoms with van der Waals surface area (Å²) >= 11 is 0. The van der Waals surface area contributed by atoms with E-state index in [4.69, 9.17) is 0 Å². The van der Waals surface area contributed by atoms with Gasteiger partial charge in [-0.3, -0.25) is 0 Å². The van der Waals surface area contributed by atoms with E-state index in [1.165, 1.54) is 32.1 Å². The Morgan fingerprint density at radius 1 is 0.692 bits per heavy atom. The second kappa shape index (κ2) is 19.8. The first kappa shape index (κ1) is 29.7. The average molecular weight is 417 g/mol. The number of aliphatic hydroxyl groups is 1. The maximum Gasteiger partial charge on any atom is 1.00 e. The molecule has 0 saturated carbocycles. The van der Waals surface area contributed by atoms with Gasteiger partial charge in [0.1, 0.15) is 0 Å². The Kier molecular flexibility index (Phi) is 22.6. The maximum atomic E-state index is 11.2. The first-order valence-electron chi connectivity index (χ1n) is 10.5. The van der Waals surface area contributed by atoms with Gasteiger partial charge in [0.15, 0.2) is 0 Å². The second-order valence-corrected chi connectivity index (χ2v) is 9.11. The summed E-state index contributed by atoms with van der Waals surface area (Å²) < 4.78 is 33.7. The third kappa shape index (κ3) is 18.9. The summed E-state index contributed by atoms with van der Waals surface area (Å²) in [7, 11) is -4.15. The summed E-state index contributed by atoms with van der Waals surface area (Å²) in [5.74, 6) is 0. The molecule has 152 valence electrons. The van der Waals surface area contributed by atoms with Crippen molar-refractivity contribution in [1.82, 2.24) is 0 Å². The monoisotopic (exact) mass is 416 g/mol. The minimum absolute atomic E-state index is 0. The molecular weight excluding hydrogens is 375 g/mol. The SMILES string of the molecule is CCCCCCCCC(O)CCCCCCC(CCCC)S(=O)(=O)[O-].[K+]. The van der Waals surface area contributed by atoms with Gasteiger partial charge in [-0.2, -0.15) is 0 Å². The Hall–Kier alpha value is 1.51. The Morgan fingerprint density at radius 3 is 1.54 bits per heavy atom. The molecular formula is C20H41KO4S. The van der Waals surface area contributed by atoms with E-state index in [0.29, 0.717) is 12.8 Å². The van der Waals surface area contributed by atoms with Crippen LogP contribution in [0.2, 0.25) is 0 Å². The van der Waals surface area contributed by atoms with Crippen molar-refractivity contribution in [1.29, 1.82) is 0 Å². The summed E-state index contributed by atoms with van der Waals surface area (Å²) in [5.41, 5.74) is 0. The van der Waals surface area contributed by atoms with E-state index in [0.717, 1.165) is 57.8 Å². The Labute approximate surface area is 205 Å². The molecule has 4 nitrogen and oxygen atoms in total. The summed E-state index contributed by atoms with van der Waals surface area (Å²) in [6, 6.07) is 0. The number of hydrogen-bond donors (Lipinski definition) is 1. The standard InChI is InChI=1S/C20H42O4S.K/c1-3-5-7-8-9-12-15-19(21)16-13-10-11-14-18-20(17-6-4-2)25(22,23)24;/h19-21H,3-18H2,1-2H3,(H,22,23,24);/q;+1/p-1. The van der Waals surface area contributed by atoms with E-state index >= 15 is 0 Å². The topological polar surface area (TPSA) is 77.4 Å². The number of unbranched alkanes of at least 4 members (excludes halogenated alkanes) is 9. The van der Waals surface area contributed by atoms with Crippen LogP contribution in [0.4, 0.5) is 0 Å². The van der Waals surface area contributed by atoms with Crippen molar-refractivity contribution >= 4 is 10.1 Å². The van der Waals surface area contributed by atoms with Gasteiger partial charge in [0, 0.05) is 5.25 Å². The molecule has 0 radical (unpaired) electrons. The van der Waals surface area contributed by atoms with Crippen LogP contribution in [0.5, 0.6) is 0 Å². The van der Waals surface area contributed by atoms with Gasteiger partial charge in [0.2, 0.25) is 0 Å². The second-order valence-electron chi connectivity index (χ2n) is 7.46. The van der Waals surface area contributed by atoms with Crippen LogP contribution in [0.25, 0.3) is 0 Å². The molecule has 26 heavy (non-hydrogen) atoms. The Balaban J connectivity index is 0. The summed E-state index contributed by atoms with van der Waals surface area (Å²) in [4.78, 5) is 0. The first-order valence-corrected chi connectivity index (χ1v) is 12.0. The van der Waals surface area contributed by atoms with E-state index in [1.54, 1.807) is 0 Å². The molecule has 0 aromatic heterocycles. The molecule has 0 amide bonds. The van der Waals surface area contributed by atoms with E-state index in [2.05, 4.69) is 6.92 Å². The molecule has 6 heteroatoms. The summed E-state index contributed by atoms with van der Waals surface area (Å²) in [6.45, 7) is 4.22. The van der Waals surface area contributed by atoms with Gasteiger partial charge >= 0.3 is 51.4 Å². The van der Waals surface area contributed by atoms with Gasteiger partial charge in [-0.15, -0.1) is 0 Å². The quantitative estimate of drug-likeness (QED) is 0.212. The fourth-order valence-corrected chi connectivity index (χ4v) is 4.19.